The van der Waals surface area contributed by atoms with Gasteiger partial charge in [0.2, 0.25) is 5.88 Å². The van der Waals surface area contributed by atoms with E-state index < -0.39 is 0 Å². The maximum Gasteiger partial charge on any atom is 0.227 e. The van der Waals surface area contributed by atoms with Crippen molar-refractivity contribution < 1.29 is 9.05 Å². The van der Waals surface area contributed by atoms with Crippen LogP contribution in [0.1, 0.15) is 96.8 Å². The highest BCUT2D eigenvalue weighted by Gasteiger charge is 2.14. The fourth-order valence-corrected chi connectivity index (χ4v) is 5.68. The Labute approximate surface area is 261 Å². The Hall–Kier alpha value is -3.54. The van der Waals surface area contributed by atoms with Crippen LogP contribution in [0.15, 0.2) is 9.05 Å². The van der Waals surface area contributed by atoms with Crippen LogP contribution >= 0.6 is 0 Å². The van der Waals surface area contributed by atoms with Gasteiger partial charge >= 0.3 is 0 Å². The van der Waals surface area contributed by atoms with Gasteiger partial charge in [0.1, 0.15) is 5.76 Å². The third-order valence-electron chi connectivity index (χ3n) is 9.95. The van der Waals surface area contributed by atoms with Gasteiger partial charge in [0, 0.05) is 24.2 Å². The first-order valence-electron chi connectivity index (χ1n) is 15.1. The van der Waals surface area contributed by atoms with Gasteiger partial charge in [-0.25, -0.2) is 0 Å². The van der Waals surface area contributed by atoms with Crippen molar-refractivity contribution in [3.63, 3.8) is 0 Å². The predicted molar refractivity (Wildman–Crippen MR) is 183 cm³/mol. The molecule has 236 valence electrons. The van der Waals surface area contributed by atoms with E-state index in [9.17, 15) is 0 Å². The van der Waals surface area contributed by atoms with Gasteiger partial charge in [0.25, 0.3) is 0 Å². The molecule has 2 heterocycles. The predicted octanol–water partition coefficient (Wildman–Crippen LogP) is 9.61. The van der Waals surface area contributed by atoms with Crippen LogP contribution in [0.25, 0.3) is 0 Å². The average molecular weight is 589 g/mol. The molecule has 0 radical (unpaired) electrons. The summed E-state index contributed by atoms with van der Waals surface area (Å²) in [6, 6.07) is 0. The number of nitrogens with zero attached hydrogens (tertiary/aromatic N) is 2. The lowest BCUT2D eigenvalue weighted by Gasteiger charge is -2.18. The van der Waals surface area contributed by atoms with Crippen molar-refractivity contribution >= 4 is 11.7 Å². The number of rotatable bonds is 8. The molecule has 0 spiro atoms. The van der Waals surface area contributed by atoms with Gasteiger partial charge in [-0.2, -0.15) is 0 Å². The number of anilines is 2. The molecule has 0 bridgehead atoms. The van der Waals surface area contributed by atoms with Gasteiger partial charge in [0.15, 0.2) is 5.82 Å². The van der Waals surface area contributed by atoms with Crippen molar-refractivity contribution in [3.8, 4) is 0 Å². The molecule has 0 aliphatic carbocycles. The summed E-state index contributed by atoms with van der Waals surface area (Å²) >= 11 is 0. The summed E-state index contributed by atoms with van der Waals surface area (Å²) in [5, 5.41) is 14.8. The Bertz CT molecular complexity index is 1400. The molecule has 0 unspecified atom stereocenters. The summed E-state index contributed by atoms with van der Waals surface area (Å²) < 4.78 is 10.5. The smallest absolute Gasteiger partial charge is 0.227 e. The van der Waals surface area contributed by atoms with E-state index >= 15 is 0 Å². The molecular weight excluding hydrogens is 532 g/mol. The highest BCUT2D eigenvalue weighted by molar-refractivity contribution is 5.51. The van der Waals surface area contributed by atoms with Crippen molar-refractivity contribution in [2.45, 2.75) is 117 Å². The zero-order valence-electron chi connectivity index (χ0n) is 28.5. The third-order valence-corrected chi connectivity index (χ3v) is 9.95. The van der Waals surface area contributed by atoms with E-state index in [-0.39, 0.29) is 7.43 Å². The molecule has 0 saturated carbocycles. The molecule has 2 aromatic carbocycles. The lowest BCUT2D eigenvalue weighted by Crippen LogP contribution is -2.10. The van der Waals surface area contributed by atoms with Crippen molar-refractivity contribution in [2.75, 3.05) is 23.7 Å². The van der Waals surface area contributed by atoms with E-state index in [1.165, 1.54) is 66.8 Å². The van der Waals surface area contributed by atoms with Gasteiger partial charge in [-0.1, -0.05) is 17.7 Å². The summed E-state index contributed by atoms with van der Waals surface area (Å²) in [6.07, 6.45) is 2.00. The zero-order valence-corrected chi connectivity index (χ0v) is 28.5. The molecule has 0 fully saturated rings. The lowest BCUT2D eigenvalue weighted by molar-refractivity contribution is 0.399. The molecule has 43 heavy (non-hydrogen) atoms. The highest BCUT2D eigenvalue weighted by atomic mass is 16.5. The Morgan fingerprint density at radius 3 is 1.19 bits per heavy atom. The average Bonchev–Trinajstić information content (AvgIpc) is 3.47. The van der Waals surface area contributed by atoms with Gasteiger partial charge in [-0.05, 0) is 177 Å². The minimum absolute atomic E-state index is 0. The molecule has 0 aliphatic heterocycles. The molecule has 4 rings (SSSR count). The molecule has 6 heteroatoms. The van der Waals surface area contributed by atoms with Crippen LogP contribution in [0.5, 0.6) is 0 Å². The van der Waals surface area contributed by atoms with E-state index in [0.717, 1.165) is 60.2 Å². The van der Waals surface area contributed by atoms with Crippen LogP contribution in [0.4, 0.5) is 11.7 Å². The second kappa shape index (κ2) is 14.8. The SMILES string of the molecule is C.Cc1noc(NCCc2c(C)c(C)c(C)c(C)c2C)c1C.Cc1onc(NCCc2c(C)c(C)c(C)c(C)c2C)c1C. The summed E-state index contributed by atoms with van der Waals surface area (Å²) in [5.74, 6) is 2.54. The number of nitrogens with one attached hydrogen (secondary N) is 2. The van der Waals surface area contributed by atoms with E-state index in [0.29, 0.717) is 0 Å². The Morgan fingerprint density at radius 1 is 0.442 bits per heavy atom. The molecule has 0 amide bonds. The number of aryl methyl sites for hydroxylation is 2. The molecule has 0 aliphatic rings. The normalized spacial score (nSPS) is 10.7. The van der Waals surface area contributed by atoms with Gasteiger partial charge < -0.3 is 19.7 Å². The maximum atomic E-state index is 5.30. The molecule has 2 N–H and O–H groups in total. The summed E-state index contributed by atoms with van der Waals surface area (Å²) in [5.41, 5.74) is 20.3. The van der Waals surface area contributed by atoms with Crippen LogP contribution in [-0.4, -0.2) is 23.4 Å². The summed E-state index contributed by atoms with van der Waals surface area (Å²) in [7, 11) is 0. The van der Waals surface area contributed by atoms with E-state index in [1.807, 2.05) is 27.7 Å². The van der Waals surface area contributed by atoms with Gasteiger partial charge in [-0.15, -0.1) is 0 Å². The lowest BCUT2D eigenvalue weighted by atomic mass is 9.88. The van der Waals surface area contributed by atoms with Crippen molar-refractivity contribution in [1.29, 1.82) is 0 Å². The number of benzene rings is 2. The fraction of sp³-hybridized carbons (Fsp3) is 0.514. The Balaban J connectivity index is 0.000000293. The molecule has 0 saturated heterocycles. The van der Waals surface area contributed by atoms with E-state index in [1.54, 1.807) is 0 Å². The van der Waals surface area contributed by atoms with Crippen LogP contribution in [0.2, 0.25) is 0 Å². The first-order valence-corrected chi connectivity index (χ1v) is 15.1. The molecule has 0 atom stereocenters. The second-order valence-corrected chi connectivity index (χ2v) is 12.0. The quantitative estimate of drug-likeness (QED) is 0.213. The van der Waals surface area contributed by atoms with Crippen molar-refractivity contribution in [2.24, 2.45) is 0 Å². The minimum atomic E-state index is 0. The number of hydrogen-bond donors (Lipinski definition) is 2. The molecule has 4 aromatic rings. The van der Waals surface area contributed by atoms with Crippen LogP contribution in [-0.2, 0) is 12.8 Å². The molecule has 2 aromatic heterocycles. The highest BCUT2D eigenvalue weighted by Crippen LogP contribution is 2.28. The zero-order chi connectivity index (χ0) is 31.5. The largest absolute Gasteiger partial charge is 0.367 e. The second-order valence-electron chi connectivity index (χ2n) is 12.0. The monoisotopic (exact) mass is 588 g/mol. The summed E-state index contributed by atoms with van der Waals surface area (Å²) in [4.78, 5) is 0. The summed E-state index contributed by atoms with van der Waals surface area (Å²) in [6.45, 7) is 31.9. The first-order chi connectivity index (χ1) is 19.7. The topological polar surface area (TPSA) is 76.1 Å². The third kappa shape index (κ3) is 7.52. The van der Waals surface area contributed by atoms with E-state index in [2.05, 4.69) is 90.2 Å². The molecule has 6 nitrogen and oxygen atoms in total. The fourth-order valence-electron chi connectivity index (χ4n) is 5.68. The number of aromatic nitrogens is 2. The van der Waals surface area contributed by atoms with Crippen molar-refractivity contribution in [1.82, 2.24) is 10.3 Å². The standard InChI is InChI=1S/2C18H26N2O.CH4/c1-10-11(2)13(4)17(14(5)12(10)3)8-9-19-18-15(6)16(7)21-20-18;1-10-11(2)13(4)17(14(5)12(10)3)8-9-19-18-15(6)16(7)20-21-18;/h8-9H2,1-7H3,(H,19,20);19H,8-9H2,1-7H3;1H4. The van der Waals surface area contributed by atoms with E-state index in [4.69, 9.17) is 9.05 Å². The Morgan fingerprint density at radius 2 is 0.837 bits per heavy atom. The minimum Gasteiger partial charge on any atom is -0.367 e. The number of hydrogen-bond acceptors (Lipinski definition) is 6. The van der Waals surface area contributed by atoms with Crippen molar-refractivity contribution in [3.05, 3.63) is 89.3 Å². The van der Waals surface area contributed by atoms with Crippen LogP contribution in [0, 0.1) is 96.9 Å². The van der Waals surface area contributed by atoms with Crippen LogP contribution in [0.3, 0.4) is 0 Å². The van der Waals surface area contributed by atoms with Crippen LogP contribution < -0.4 is 10.6 Å². The first kappa shape index (κ1) is 35.7. The van der Waals surface area contributed by atoms with Gasteiger partial charge in [0.05, 0.1) is 5.69 Å². The maximum absolute atomic E-state index is 5.30. The Kier molecular flexibility index (Phi) is 12.2. The molecular formula is C37H56N4O2. The van der Waals surface area contributed by atoms with Gasteiger partial charge in [-0.3, -0.25) is 0 Å².